The van der Waals surface area contributed by atoms with E-state index in [2.05, 4.69) is 10.0 Å². The normalized spacial score (nSPS) is 35.8. The van der Waals surface area contributed by atoms with Crippen LogP contribution in [0, 0.1) is 5.92 Å². The minimum absolute atomic E-state index is 0.148. The highest BCUT2D eigenvalue weighted by Gasteiger charge is 2.63. The molecular weight excluding hydrogens is 420 g/mol. The van der Waals surface area contributed by atoms with Crippen LogP contribution >= 0.6 is 0 Å². The summed E-state index contributed by atoms with van der Waals surface area (Å²) in [5.74, 6) is -1.76. The Kier molecular flexibility index (Phi) is 5.89. The highest BCUT2D eigenvalue weighted by molar-refractivity contribution is 7.91. The van der Waals surface area contributed by atoms with Crippen LogP contribution in [0.25, 0.3) is 0 Å². The van der Waals surface area contributed by atoms with Gasteiger partial charge in [-0.25, -0.2) is 8.42 Å². The van der Waals surface area contributed by atoms with Crippen LogP contribution in [0.2, 0.25) is 0 Å². The molecule has 9 nitrogen and oxygen atoms in total. The molecule has 0 aromatic carbocycles. The summed E-state index contributed by atoms with van der Waals surface area (Å²) in [5.41, 5.74) is 3.56. The van der Waals surface area contributed by atoms with Crippen LogP contribution in [0.5, 0.6) is 0 Å². The van der Waals surface area contributed by atoms with Crippen molar-refractivity contribution in [1.82, 2.24) is 14.9 Å². The Balaban J connectivity index is 1.59. The van der Waals surface area contributed by atoms with Gasteiger partial charge in [-0.15, -0.1) is 0 Å². The molecule has 4 aliphatic rings. The fourth-order valence-electron chi connectivity index (χ4n) is 4.69. The monoisotopic (exact) mass is 452 g/mol. The van der Waals surface area contributed by atoms with E-state index in [0.29, 0.717) is 45.1 Å². The van der Waals surface area contributed by atoms with Gasteiger partial charge in [0.1, 0.15) is 5.54 Å². The van der Waals surface area contributed by atoms with Crippen molar-refractivity contribution in [3.05, 3.63) is 12.2 Å². The maximum atomic E-state index is 13.3. The molecule has 0 radical (unpaired) electrons. The van der Waals surface area contributed by atoms with Crippen LogP contribution in [0.3, 0.4) is 0 Å². The molecular formula is C21H32N4O5S. The van der Waals surface area contributed by atoms with Gasteiger partial charge < -0.3 is 16.0 Å². The molecule has 2 saturated carbocycles. The number of nitrogens with zero attached hydrogens (tertiary/aromatic N) is 1. The zero-order valence-electron chi connectivity index (χ0n) is 17.8. The van der Waals surface area contributed by atoms with Crippen molar-refractivity contribution >= 4 is 27.7 Å². The number of nitrogens with two attached hydrogens (primary N) is 1. The molecule has 0 aromatic rings. The first kappa shape index (κ1) is 22.3. The molecule has 31 heavy (non-hydrogen) atoms. The first-order valence-electron chi connectivity index (χ1n) is 11.3. The molecule has 3 unspecified atom stereocenters. The second kappa shape index (κ2) is 8.20. The van der Waals surface area contributed by atoms with Gasteiger partial charge in [-0.05, 0) is 51.4 Å². The molecule has 172 valence electrons. The SMILES string of the molecule is NC12CCCN1C(=O)CCCCCC/C=C\C1CC1(C(=O)NS(=O)(=O)C1CC1)NC2=O. The Labute approximate surface area is 183 Å². The topological polar surface area (TPSA) is 139 Å². The smallest absolute Gasteiger partial charge is 0.261 e. The van der Waals surface area contributed by atoms with Crippen molar-refractivity contribution in [3.8, 4) is 0 Å². The molecule has 2 aliphatic heterocycles. The van der Waals surface area contributed by atoms with Crippen LogP contribution in [0.1, 0.15) is 70.6 Å². The van der Waals surface area contributed by atoms with Crippen molar-refractivity contribution in [2.75, 3.05) is 6.54 Å². The lowest BCUT2D eigenvalue weighted by molar-refractivity contribution is -0.146. The van der Waals surface area contributed by atoms with Crippen molar-refractivity contribution < 1.29 is 22.8 Å². The van der Waals surface area contributed by atoms with E-state index in [9.17, 15) is 22.8 Å². The average Bonchev–Trinajstić information content (AvgIpc) is 3.62. The van der Waals surface area contributed by atoms with Gasteiger partial charge in [-0.3, -0.25) is 19.1 Å². The first-order valence-corrected chi connectivity index (χ1v) is 12.9. The van der Waals surface area contributed by atoms with Gasteiger partial charge in [0.2, 0.25) is 15.9 Å². The van der Waals surface area contributed by atoms with Gasteiger partial charge in [-0.2, -0.15) is 0 Å². The maximum Gasteiger partial charge on any atom is 0.261 e. The minimum Gasteiger partial charge on any atom is -0.338 e. The molecule has 3 fully saturated rings. The number of amides is 3. The van der Waals surface area contributed by atoms with E-state index < -0.39 is 38.3 Å². The van der Waals surface area contributed by atoms with E-state index in [4.69, 9.17) is 5.73 Å². The lowest BCUT2D eigenvalue weighted by Crippen LogP contribution is -2.66. The molecule has 0 aromatic heterocycles. The number of carbonyl (C=O) groups is 3. The van der Waals surface area contributed by atoms with Crippen LogP contribution in [-0.2, 0) is 24.4 Å². The summed E-state index contributed by atoms with van der Waals surface area (Å²) in [7, 11) is -3.74. The van der Waals surface area contributed by atoms with E-state index in [-0.39, 0.29) is 11.8 Å². The third-order valence-electron chi connectivity index (χ3n) is 6.95. The second-order valence-electron chi connectivity index (χ2n) is 9.37. The van der Waals surface area contributed by atoms with Crippen LogP contribution < -0.4 is 15.8 Å². The highest BCUT2D eigenvalue weighted by Crippen LogP contribution is 2.46. The third kappa shape index (κ3) is 4.37. The fraction of sp³-hybridized carbons (Fsp3) is 0.762. The number of fused-ring (bicyclic) bond motifs is 2. The van der Waals surface area contributed by atoms with E-state index >= 15 is 0 Å². The molecule has 0 bridgehead atoms. The lowest BCUT2D eigenvalue weighted by Gasteiger charge is -2.35. The summed E-state index contributed by atoms with van der Waals surface area (Å²) < 4.78 is 26.9. The Hall–Kier alpha value is -1.94. The Bertz CT molecular complexity index is 899. The standard InChI is InChI=1S/C21H32N4O5S/c22-21-12-7-13-25(21)17(26)9-6-4-2-1-3-5-8-15-14-20(15,23-19(21)28)18(27)24-31(29,30)16-10-11-16/h5,8,15-16H,1-4,6-7,9-14,22H2,(H,23,28)(H,24,27)/b8-5-. The molecule has 1 saturated heterocycles. The summed E-state index contributed by atoms with van der Waals surface area (Å²) in [6, 6.07) is 0. The summed E-state index contributed by atoms with van der Waals surface area (Å²) in [6.07, 6.45) is 11.0. The van der Waals surface area contributed by atoms with Gasteiger partial charge in [0.25, 0.3) is 11.8 Å². The molecule has 4 N–H and O–H groups in total. The second-order valence-corrected chi connectivity index (χ2v) is 11.3. The van der Waals surface area contributed by atoms with Crippen molar-refractivity contribution in [1.29, 1.82) is 0 Å². The molecule has 0 spiro atoms. The fourth-order valence-corrected chi connectivity index (χ4v) is 6.05. The molecule has 2 aliphatic carbocycles. The van der Waals surface area contributed by atoms with Gasteiger partial charge in [0.15, 0.2) is 5.66 Å². The molecule has 10 heteroatoms. The molecule has 3 amide bonds. The summed E-state index contributed by atoms with van der Waals surface area (Å²) in [6.45, 7) is 0.404. The summed E-state index contributed by atoms with van der Waals surface area (Å²) in [4.78, 5) is 40.5. The number of hydrogen-bond donors (Lipinski definition) is 3. The van der Waals surface area contributed by atoms with E-state index in [1.807, 2.05) is 12.2 Å². The highest BCUT2D eigenvalue weighted by atomic mass is 32.2. The quantitative estimate of drug-likeness (QED) is 0.538. The van der Waals surface area contributed by atoms with Gasteiger partial charge in [0.05, 0.1) is 5.25 Å². The van der Waals surface area contributed by atoms with Gasteiger partial charge in [-0.1, -0.05) is 25.0 Å². The molecule has 2 heterocycles. The number of carbonyl (C=O) groups excluding carboxylic acids is 3. The number of rotatable bonds is 3. The lowest BCUT2D eigenvalue weighted by atomic mass is 10.0. The number of nitrogens with one attached hydrogen (secondary N) is 2. The van der Waals surface area contributed by atoms with Crippen LogP contribution in [0.15, 0.2) is 12.2 Å². The predicted octanol–water partition coefficient (Wildman–Crippen LogP) is 0.658. The van der Waals surface area contributed by atoms with Crippen molar-refractivity contribution in [3.63, 3.8) is 0 Å². The summed E-state index contributed by atoms with van der Waals surface area (Å²) in [5, 5.41) is 2.23. The van der Waals surface area contributed by atoms with E-state index in [1.54, 1.807) is 0 Å². The van der Waals surface area contributed by atoms with Gasteiger partial charge >= 0.3 is 0 Å². The van der Waals surface area contributed by atoms with Gasteiger partial charge in [0, 0.05) is 18.9 Å². The van der Waals surface area contributed by atoms with E-state index in [1.165, 1.54) is 4.90 Å². The Morgan fingerprint density at radius 1 is 1.16 bits per heavy atom. The van der Waals surface area contributed by atoms with Crippen molar-refractivity contribution in [2.45, 2.75) is 87.1 Å². The Morgan fingerprint density at radius 2 is 1.90 bits per heavy atom. The zero-order valence-corrected chi connectivity index (χ0v) is 18.6. The average molecular weight is 453 g/mol. The van der Waals surface area contributed by atoms with E-state index in [0.717, 1.165) is 32.1 Å². The third-order valence-corrected chi connectivity index (χ3v) is 8.77. The number of hydrogen-bond acceptors (Lipinski definition) is 6. The first-order chi connectivity index (χ1) is 14.7. The van der Waals surface area contributed by atoms with Crippen molar-refractivity contribution in [2.24, 2.45) is 11.7 Å². The predicted molar refractivity (Wildman–Crippen MR) is 114 cm³/mol. The number of allylic oxidation sites excluding steroid dienone is 1. The number of sulfonamides is 1. The molecule has 3 atom stereocenters. The molecule has 4 rings (SSSR count). The maximum absolute atomic E-state index is 13.3. The Morgan fingerprint density at radius 3 is 2.65 bits per heavy atom. The van der Waals surface area contributed by atoms with Crippen LogP contribution in [-0.4, -0.2) is 54.0 Å². The zero-order chi connectivity index (χ0) is 22.3. The van der Waals surface area contributed by atoms with Crippen LogP contribution in [0.4, 0.5) is 0 Å². The largest absolute Gasteiger partial charge is 0.338 e. The summed E-state index contributed by atoms with van der Waals surface area (Å²) >= 11 is 0. The minimum atomic E-state index is -3.74.